The lowest BCUT2D eigenvalue weighted by atomic mass is 9.72. The molecule has 0 unspecified atom stereocenters. The fraction of sp³-hybridized carbons (Fsp3) is 0.789. The minimum absolute atomic E-state index is 0.374. The molecule has 0 saturated carbocycles. The van der Waals surface area contributed by atoms with Gasteiger partial charge in [0.2, 0.25) is 0 Å². The van der Waals surface area contributed by atoms with Gasteiger partial charge < -0.3 is 9.64 Å². The summed E-state index contributed by atoms with van der Waals surface area (Å²) in [5, 5.41) is 0. The van der Waals surface area contributed by atoms with E-state index in [0.717, 1.165) is 37.9 Å². The fourth-order valence-electron chi connectivity index (χ4n) is 3.70. The van der Waals surface area contributed by atoms with E-state index in [-0.39, 0.29) is 0 Å². The summed E-state index contributed by atoms with van der Waals surface area (Å²) in [7, 11) is 0. The Morgan fingerprint density at radius 1 is 0.957 bits per heavy atom. The first-order valence-corrected chi connectivity index (χ1v) is 9.21. The van der Waals surface area contributed by atoms with Crippen LogP contribution in [0.25, 0.3) is 0 Å². The molecule has 3 rings (SSSR count). The second-order valence-corrected chi connectivity index (χ2v) is 7.92. The first-order chi connectivity index (χ1) is 11.0. The van der Waals surface area contributed by atoms with E-state index in [2.05, 4.69) is 38.7 Å². The third-order valence-electron chi connectivity index (χ3n) is 5.56. The van der Waals surface area contributed by atoms with Crippen molar-refractivity contribution >= 4 is 5.82 Å². The molecular weight excluding hydrogens is 286 g/mol. The van der Waals surface area contributed by atoms with Gasteiger partial charge in [-0.3, -0.25) is 0 Å². The molecule has 0 radical (unpaired) electrons. The van der Waals surface area contributed by atoms with Gasteiger partial charge in [0, 0.05) is 44.0 Å². The van der Waals surface area contributed by atoms with E-state index in [0.29, 0.717) is 17.3 Å². The molecule has 4 nitrogen and oxygen atoms in total. The van der Waals surface area contributed by atoms with Gasteiger partial charge >= 0.3 is 0 Å². The highest BCUT2D eigenvalue weighted by molar-refractivity contribution is 5.41. The fourth-order valence-corrected chi connectivity index (χ4v) is 3.70. The Hall–Kier alpha value is -1.16. The van der Waals surface area contributed by atoms with Crippen LogP contribution in [0.15, 0.2) is 6.07 Å². The largest absolute Gasteiger partial charge is 0.381 e. The van der Waals surface area contributed by atoms with Gasteiger partial charge in [0.15, 0.2) is 0 Å². The molecule has 1 aromatic rings. The van der Waals surface area contributed by atoms with Crippen LogP contribution in [0.1, 0.15) is 76.7 Å². The number of ether oxygens (including phenoxy) is 1. The van der Waals surface area contributed by atoms with E-state index < -0.39 is 0 Å². The zero-order valence-corrected chi connectivity index (χ0v) is 15.1. The second kappa shape index (κ2) is 6.76. The van der Waals surface area contributed by atoms with Crippen LogP contribution in [0.4, 0.5) is 5.82 Å². The zero-order valence-electron chi connectivity index (χ0n) is 15.1. The van der Waals surface area contributed by atoms with Crippen LogP contribution < -0.4 is 4.90 Å². The van der Waals surface area contributed by atoms with E-state index in [1.54, 1.807) is 0 Å². The average molecular weight is 317 g/mol. The highest BCUT2D eigenvalue weighted by atomic mass is 16.5. The van der Waals surface area contributed by atoms with Crippen molar-refractivity contribution in [3.63, 3.8) is 0 Å². The molecule has 0 bridgehead atoms. The van der Waals surface area contributed by atoms with Gasteiger partial charge in [-0.15, -0.1) is 0 Å². The molecule has 23 heavy (non-hydrogen) atoms. The van der Waals surface area contributed by atoms with Crippen LogP contribution in [0.5, 0.6) is 0 Å². The van der Waals surface area contributed by atoms with Crippen LogP contribution >= 0.6 is 0 Å². The highest BCUT2D eigenvalue weighted by Gasteiger charge is 2.36. The third kappa shape index (κ3) is 3.68. The maximum atomic E-state index is 5.56. The lowest BCUT2D eigenvalue weighted by Gasteiger charge is -2.44. The van der Waals surface area contributed by atoms with Gasteiger partial charge in [0.1, 0.15) is 11.6 Å². The lowest BCUT2D eigenvalue weighted by molar-refractivity contribution is 0.00205. The molecule has 0 aromatic carbocycles. The summed E-state index contributed by atoms with van der Waals surface area (Å²) in [5.41, 5.74) is 1.70. The van der Waals surface area contributed by atoms with Gasteiger partial charge in [-0.25, -0.2) is 9.97 Å². The molecule has 2 fully saturated rings. The number of hydrogen-bond donors (Lipinski definition) is 0. The maximum Gasteiger partial charge on any atom is 0.133 e. The monoisotopic (exact) mass is 317 g/mol. The van der Waals surface area contributed by atoms with Crippen molar-refractivity contribution < 1.29 is 4.74 Å². The Balaban J connectivity index is 1.77. The first kappa shape index (κ1) is 16.7. The van der Waals surface area contributed by atoms with Crippen molar-refractivity contribution in [2.24, 2.45) is 5.41 Å². The normalized spacial score (nSPS) is 21.4. The predicted octanol–water partition coefficient (Wildman–Crippen LogP) is 4.12. The van der Waals surface area contributed by atoms with Crippen molar-refractivity contribution in [2.75, 3.05) is 31.2 Å². The number of nitrogens with zero attached hydrogens (tertiary/aromatic N) is 3. The third-order valence-corrected chi connectivity index (χ3v) is 5.56. The van der Waals surface area contributed by atoms with Crippen molar-refractivity contribution in [3.05, 3.63) is 17.6 Å². The number of anilines is 1. The SMILES string of the molecule is CC(C)c1cc(N2CCC3(CCOCC3)CC2)nc(C(C)C)n1. The standard InChI is InChI=1S/C19H31N3O/c1-14(2)16-13-17(21-18(20-16)15(3)4)22-9-5-19(6-10-22)7-11-23-12-8-19/h13-15H,5-12H2,1-4H3. The molecule has 3 heterocycles. The van der Waals surface area contributed by atoms with E-state index in [9.17, 15) is 0 Å². The van der Waals surface area contributed by atoms with Crippen LogP contribution in [0.3, 0.4) is 0 Å². The summed E-state index contributed by atoms with van der Waals surface area (Å²) in [5.74, 6) is 2.94. The molecule has 4 heteroatoms. The molecule has 2 aliphatic rings. The summed E-state index contributed by atoms with van der Waals surface area (Å²) >= 11 is 0. The Bertz CT molecular complexity index is 499. The molecule has 1 aromatic heterocycles. The Morgan fingerprint density at radius 2 is 1.61 bits per heavy atom. The molecule has 128 valence electrons. The van der Waals surface area contributed by atoms with Crippen LogP contribution in [0, 0.1) is 5.41 Å². The summed E-state index contributed by atoms with van der Waals surface area (Å²) in [4.78, 5) is 12.1. The van der Waals surface area contributed by atoms with Crippen LogP contribution in [0.2, 0.25) is 0 Å². The summed E-state index contributed by atoms with van der Waals surface area (Å²) in [6, 6.07) is 2.21. The number of hydrogen-bond acceptors (Lipinski definition) is 4. The lowest BCUT2D eigenvalue weighted by Crippen LogP contribution is -2.43. The van der Waals surface area contributed by atoms with E-state index >= 15 is 0 Å². The number of aromatic nitrogens is 2. The molecule has 0 aliphatic carbocycles. The van der Waals surface area contributed by atoms with Crippen LogP contribution in [-0.4, -0.2) is 36.3 Å². The topological polar surface area (TPSA) is 38.2 Å². The Morgan fingerprint density at radius 3 is 2.17 bits per heavy atom. The van der Waals surface area contributed by atoms with Crippen molar-refractivity contribution in [2.45, 2.75) is 65.2 Å². The maximum absolute atomic E-state index is 5.56. The summed E-state index contributed by atoms with van der Waals surface area (Å²) < 4.78 is 5.56. The van der Waals surface area contributed by atoms with E-state index in [4.69, 9.17) is 14.7 Å². The average Bonchev–Trinajstić information content (AvgIpc) is 2.56. The van der Waals surface area contributed by atoms with Crippen molar-refractivity contribution in [3.8, 4) is 0 Å². The van der Waals surface area contributed by atoms with Gasteiger partial charge in [-0.05, 0) is 37.0 Å². The molecule has 2 saturated heterocycles. The summed E-state index contributed by atoms with van der Waals surface area (Å²) in [6.45, 7) is 12.9. The molecule has 0 N–H and O–H groups in total. The minimum Gasteiger partial charge on any atom is -0.381 e. The Kier molecular flexibility index (Phi) is 4.90. The van der Waals surface area contributed by atoms with E-state index in [1.165, 1.54) is 31.4 Å². The summed E-state index contributed by atoms with van der Waals surface area (Å²) in [6.07, 6.45) is 5.01. The van der Waals surface area contributed by atoms with Crippen molar-refractivity contribution in [1.82, 2.24) is 9.97 Å². The van der Waals surface area contributed by atoms with Crippen molar-refractivity contribution in [1.29, 1.82) is 0 Å². The Labute approximate surface area is 140 Å². The molecule has 1 spiro atoms. The molecule has 0 amide bonds. The second-order valence-electron chi connectivity index (χ2n) is 7.92. The smallest absolute Gasteiger partial charge is 0.133 e. The number of piperidine rings is 1. The van der Waals surface area contributed by atoms with Crippen LogP contribution in [-0.2, 0) is 4.74 Å². The quantitative estimate of drug-likeness (QED) is 0.840. The first-order valence-electron chi connectivity index (χ1n) is 9.21. The molecule has 2 aliphatic heterocycles. The zero-order chi connectivity index (χ0) is 16.4. The van der Waals surface area contributed by atoms with E-state index in [1.807, 2.05) is 0 Å². The van der Waals surface area contributed by atoms with Gasteiger partial charge in [0.05, 0.1) is 0 Å². The number of rotatable bonds is 3. The minimum atomic E-state index is 0.374. The predicted molar refractivity (Wildman–Crippen MR) is 94.1 cm³/mol. The highest BCUT2D eigenvalue weighted by Crippen LogP contribution is 2.41. The molecule has 0 atom stereocenters. The van der Waals surface area contributed by atoms with Gasteiger partial charge in [-0.2, -0.15) is 0 Å². The molecular formula is C19H31N3O. The van der Waals surface area contributed by atoms with Gasteiger partial charge in [0.25, 0.3) is 0 Å². The van der Waals surface area contributed by atoms with Gasteiger partial charge in [-0.1, -0.05) is 27.7 Å².